The summed E-state index contributed by atoms with van der Waals surface area (Å²) < 4.78 is 0. The molecule has 0 N–H and O–H groups in total. The molecular weight excluding hydrogens is 302 g/mol. The first-order chi connectivity index (χ1) is 11.6. The molecule has 0 aromatic carbocycles. The molecule has 1 saturated heterocycles. The molecule has 0 spiro atoms. The average molecular weight is 327 g/mol. The Bertz CT molecular complexity index is 613. The van der Waals surface area contributed by atoms with Crippen LogP contribution in [0.25, 0.3) is 0 Å². The second-order valence-corrected chi connectivity index (χ2v) is 6.73. The van der Waals surface area contributed by atoms with Gasteiger partial charge in [-0.15, -0.1) is 0 Å². The summed E-state index contributed by atoms with van der Waals surface area (Å²) in [5.41, 5.74) is 1.82. The highest BCUT2D eigenvalue weighted by molar-refractivity contribution is 5.94. The fourth-order valence-electron chi connectivity index (χ4n) is 3.59. The molecule has 2 amide bonds. The standard InChI is InChI=1S/C19H25N3O2/c1-15(16-5-2-3-6-16)13-18(23)21-9-11-22(12-10-21)19(24)17-7-4-8-20-14-17/h4,7-8,13-14,16H,2-3,5-6,9-12H2,1H3/b15-13+. The zero-order valence-electron chi connectivity index (χ0n) is 14.3. The Hall–Kier alpha value is -2.17. The van der Waals surface area contributed by atoms with Crippen LogP contribution in [0.3, 0.4) is 0 Å². The number of carbonyl (C=O) groups is 2. The van der Waals surface area contributed by atoms with Crippen molar-refractivity contribution in [1.82, 2.24) is 14.8 Å². The number of hydrogen-bond donors (Lipinski definition) is 0. The maximum atomic E-state index is 12.4. The van der Waals surface area contributed by atoms with Gasteiger partial charge in [0.05, 0.1) is 5.56 Å². The minimum atomic E-state index is -0.00660. The number of nitrogens with zero attached hydrogens (tertiary/aromatic N) is 3. The first kappa shape index (κ1) is 16.7. The van der Waals surface area contributed by atoms with E-state index in [1.54, 1.807) is 29.4 Å². The SMILES string of the molecule is C/C(=C\C(=O)N1CCN(C(=O)c2cccnc2)CC1)C1CCCC1. The Labute approximate surface area is 143 Å². The Morgan fingerprint density at radius 2 is 1.79 bits per heavy atom. The largest absolute Gasteiger partial charge is 0.336 e. The van der Waals surface area contributed by atoms with Gasteiger partial charge in [0.1, 0.15) is 0 Å². The lowest BCUT2D eigenvalue weighted by atomic mass is 9.98. The first-order valence-corrected chi connectivity index (χ1v) is 8.81. The zero-order valence-corrected chi connectivity index (χ0v) is 14.3. The summed E-state index contributed by atoms with van der Waals surface area (Å²) in [6, 6.07) is 3.55. The predicted molar refractivity (Wildman–Crippen MR) is 92.4 cm³/mol. The van der Waals surface area contributed by atoms with Gasteiger partial charge in [0.25, 0.3) is 5.91 Å². The number of aromatic nitrogens is 1. The third-order valence-electron chi connectivity index (χ3n) is 5.14. The third-order valence-corrected chi connectivity index (χ3v) is 5.14. The van der Waals surface area contributed by atoms with E-state index in [0.717, 1.165) is 0 Å². The lowest BCUT2D eigenvalue weighted by Crippen LogP contribution is -2.50. The smallest absolute Gasteiger partial charge is 0.255 e. The molecule has 2 fully saturated rings. The molecule has 5 heteroatoms. The van der Waals surface area contributed by atoms with E-state index in [4.69, 9.17) is 0 Å². The number of hydrogen-bond acceptors (Lipinski definition) is 3. The maximum Gasteiger partial charge on any atom is 0.255 e. The van der Waals surface area contributed by atoms with Crippen LogP contribution in [0.1, 0.15) is 43.0 Å². The molecule has 0 radical (unpaired) electrons. The van der Waals surface area contributed by atoms with Crippen LogP contribution in [0.15, 0.2) is 36.2 Å². The second kappa shape index (κ2) is 7.60. The van der Waals surface area contributed by atoms with Gasteiger partial charge in [-0.3, -0.25) is 14.6 Å². The zero-order chi connectivity index (χ0) is 16.9. The molecule has 1 aromatic rings. The van der Waals surface area contributed by atoms with E-state index in [2.05, 4.69) is 11.9 Å². The Balaban J connectivity index is 1.54. The molecule has 3 rings (SSSR count). The molecule has 2 aliphatic rings. The minimum Gasteiger partial charge on any atom is -0.336 e. The highest BCUT2D eigenvalue weighted by Gasteiger charge is 2.25. The number of rotatable bonds is 3. The van der Waals surface area contributed by atoms with Crippen molar-refractivity contribution in [3.63, 3.8) is 0 Å². The summed E-state index contributed by atoms with van der Waals surface area (Å²) in [7, 11) is 0. The van der Waals surface area contributed by atoms with Gasteiger partial charge in [0.15, 0.2) is 0 Å². The quantitative estimate of drug-likeness (QED) is 0.802. The van der Waals surface area contributed by atoms with Crippen LogP contribution in [0, 0.1) is 5.92 Å². The van der Waals surface area contributed by atoms with Crippen LogP contribution in [0.2, 0.25) is 0 Å². The number of pyridine rings is 1. The molecule has 2 heterocycles. The predicted octanol–water partition coefficient (Wildman–Crippen LogP) is 2.50. The minimum absolute atomic E-state index is 0.00660. The van der Waals surface area contributed by atoms with E-state index < -0.39 is 0 Å². The lowest BCUT2D eigenvalue weighted by Gasteiger charge is -2.34. The van der Waals surface area contributed by atoms with Crippen LogP contribution in [-0.2, 0) is 4.79 Å². The fraction of sp³-hybridized carbons (Fsp3) is 0.526. The molecule has 0 unspecified atom stereocenters. The number of amides is 2. The Morgan fingerprint density at radius 1 is 1.12 bits per heavy atom. The molecule has 1 aromatic heterocycles. The van der Waals surface area contributed by atoms with Crippen molar-refractivity contribution >= 4 is 11.8 Å². The van der Waals surface area contributed by atoms with Crippen LogP contribution in [0.4, 0.5) is 0 Å². The maximum absolute atomic E-state index is 12.4. The van der Waals surface area contributed by atoms with Crippen molar-refractivity contribution in [3.8, 4) is 0 Å². The molecule has 5 nitrogen and oxygen atoms in total. The fourth-order valence-corrected chi connectivity index (χ4v) is 3.59. The van der Waals surface area contributed by atoms with Crippen molar-refractivity contribution in [2.24, 2.45) is 5.92 Å². The van der Waals surface area contributed by atoms with E-state index in [0.29, 0.717) is 37.7 Å². The van der Waals surface area contributed by atoms with Crippen molar-refractivity contribution in [2.75, 3.05) is 26.2 Å². The van der Waals surface area contributed by atoms with E-state index >= 15 is 0 Å². The molecule has 1 aliphatic heterocycles. The molecule has 1 saturated carbocycles. The summed E-state index contributed by atoms with van der Waals surface area (Å²) in [6.07, 6.45) is 10.0. The monoisotopic (exact) mass is 327 g/mol. The van der Waals surface area contributed by atoms with E-state index in [1.165, 1.54) is 31.3 Å². The first-order valence-electron chi connectivity index (χ1n) is 8.81. The van der Waals surface area contributed by atoms with E-state index in [1.807, 2.05) is 11.0 Å². The topological polar surface area (TPSA) is 53.5 Å². The summed E-state index contributed by atoms with van der Waals surface area (Å²) in [4.78, 5) is 32.5. The second-order valence-electron chi connectivity index (χ2n) is 6.73. The van der Waals surface area contributed by atoms with Gasteiger partial charge in [0, 0.05) is 44.6 Å². The molecule has 24 heavy (non-hydrogen) atoms. The lowest BCUT2D eigenvalue weighted by molar-refractivity contribution is -0.127. The third kappa shape index (κ3) is 3.83. The summed E-state index contributed by atoms with van der Waals surface area (Å²) in [6.45, 7) is 4.43. The summed E-state index contributed by atoms with van der Waals surface area (Å²) >= 11 is 0. The summed E-state index contributed by atoms with van der Waals surface area (Å²) in [5.74, 6) is 0.670. The normalized spacial score (nSPS) is 19.6. The molecular formula is C19H25N3O2. The molecule has 0 bridgehead atoms. The Kier molecular flexibility index (Phi) is 5.28. The van der Waals surface area contributed by atoms with E-state index in [-0.39, 0.29) is 11.8 Å². The molecule has 0 atom stereocenters. The van der Waals surface area contributed by atoms with Gasteiger partial charge < -0.3 is 9.80 Å². The van der Waals surface area contributed by atoms with Gasteiger partial charge in [-0.05, 0) is 37.8 Å². The van der Waals surface area contributed by atoms with Gasteiger partial charge in [-0.1, -0.05) is 18.4 Å². The molecule has 1 aliphatic carbocycles. The van der Waals surface area contributed by atoms with Crippen LogP contribution in [-0.4, -0.2) is 52.8 Å². The van der Waals surface area contributed by atoms with Crippen molar-refractivity contribution in [2.45, 2.75) is 32.6 Å². The van der Waals surface area contributed by atoms with Crippen molar-refractivity contribution < 1.29 is 9.59 Å². The van der Waals surface area contributed by atoms with E-state index in [9.17, 15) is 9.59 Å². The Morgan fingerprint density at radius 3 is 2.42 bits per heavy atom. The highest BCUT2D eigenvalue weighted by atomic mass is 16.2. The van der Waals surface area contributed by atoms with Gasteiger partial charge >= 0.3 is 0 Å². The van der Waals surface area contributed by atoms with Crippen molar-refractivity contribution in [1.29, 1.82) is 0 Å². The average Bonchev–Trinajstić information content (AvgIpc) is 3.17. The highest BCUT2D eigenvalue weighted by Crippen LogP contribution is 2.30. The van der Waals surface area contributed by atoms with Crippen molar-refractivity contribution in [3.05, 3.63) is 41.7 Å². The van der Waals surface area contributed by atoms with Gasteiger partial charge in [-0.2, -0.15) is 0 Å². The van der Waals surface area contributed by atoms with Crippen LogP contribution >= 0.6 is 0 Å². The van der Waals surface area contributed by atoms with Gasteiger partial charge in [0.2, 0.25) is 5.91 Å². The number of allylic oxidation sites excluding steroid dienone is 1. The number of carbonyl (C=O) groups excluding carboxylic acids is 2. The van der Waals surface area contributed by atoms with Gasteiger partial charge in [-0.25, -0.2) is 0 Å². The van der Waals surface area contributed by atoms with Crippen LogP contribution in [0.5, 0.6) is 0 Å². The number of piperazine rings is 1. The summed E-state index contributed by atoms with van der Waals surface area (Å²) in [5, 5.41) is 0. The van der Waals surface area contributed by atoms with Crippen LogP contribution < -0.4 is 0 Å². The molecule has 128 valence electrons.